The number of fused-ring (bicyclic) bond motifs is 1. The zero-order valence-electron chi connectivity index (χ0n) is 11.5. The van der Waals surface area contributed by atoms with Crippen LogP contribution in [0.25, 0.3) is 11.0 Å². The molecule has 0 aromatic carbocycles. The second-order valence-corrected chi connectivity index (χ2v) is 5.65. The van der Waals surface area contributed by atoms with E-state index in [9.17, 15) is 4.79 Å². The molecule has 0 spiro atoms. The third kappa shape index (κ3) is 3.68. The topological polar surface area (TPSA) is 64.1 Å². The predicted octanol–water partition coefficient (Wildman–Crippen LogP) is 3.04. The summed E-state index contributed by atoms with van der Waals surface area (Å²) in [5, 5.41) is 4.23. The van der Waals surface area contributed by atoms with Crippen molar-refractivity contribution < 1.29 is 9.53 Å². The smallest absolute Gasteiger partial charge is 0.225 e. The minimum atomic E-state index is -0.0253. The van der Waals surface area contributed by atoms with E-state index in [1.54, 1.807) is 18.3 Å². The van der Waals surface area contributed by atoms with Crippen molar-refractivity contribution in [2.75, 3.05) is 18.5 Å². The molecule has 6 heteroatoms. The van der Waals surface area contributed by atoms with Gasteiger partial charge in [0, 0.05) is 31.2 Å². The van der Waals surface area contributed by atoms with E-state index in [0.29, 0.717) is 28.8 Å². The van der Waals surface area contributed by atoms with E-state index in [1.807, 2.05) is 6.07 Å². The highest BCUT2D eigenvalue weighted by atomic mass is 35.5. The second kappa shape index (κ2) is 6.37. The van der Waals surface area contributed by atoms with E-state index in [0.717, 1.165) is 31.4 Å². The van der Waals surface area contributed by atoms with Gasteiger partial charge >= 0.3 is 0 Å². The molecule has 1 N–H and O–H groups in total. The summed E-state index contributed by atoms with van der Waals surface area (Å²) in [4.78, 5) is 20.4. The highest BCUT2D eigenvalue weighted by Gasteiger charge is 2.17. The summed E-state index contributed by atoms with van der Waals surface area (Å²) in [5.74, 6) is 0.997. The maximum atomic E-state index is 11.9. The molecular weight excluding hydrogens is 290 g/mol. The highest BCUT2D eigenvalue weighted by molar-refractivity contribution is 6.31. The van der Waals surface area contributed by atoms with Gasteiger partial charge in [-0.3, -0.25) is 4.79 Å². The Hall–Kier alpha value is -1.72. The van der Waals surface area contributed by atoms with Gasteiger partial charge in [-0.2, -0.15) is 0 Å². The van der Waals surface area contributed by atoms with Crippen molar-refractivity contribution in [2.45, 2.75) is 19.3 Å². The second-order valence-electron chi connectivity index (χ2n) is 5.21. The van der Waals surface area contributed by atoms with Gasteiger partial charge in [0.05, 0.1) is 5.02 Å². The molecule has 2 aromatic heterocycles. The van der Waals surface area contributed by atoms with E-state index in [-0.39, 0.29) is 5.91 Å². The van der Waals surface area contributed by atoms with Crippen LogP contribution in [-0.4, -0.2) is 29.1 Å². The van der Waals surface area contributed by atoms with Crippen LogP contribution in [0.1, 0.15) is 19.3 Å². The first kappa shape index (κ1) is 14.2. The molecule has 1 aliphatic rings. The Morgan fingerprint density at radius 2 is 2.38 bits per heavy atom. The summed E-state index contributed by atoms with van der Waals surface area (Å²) in [6.07, 6.45) is 3.93. The molecule has 1 amide bonds. The number of carbonyl (C=O) groups is 1. The number of nitrogens with zero attached hydrogens (tertiary/aromatic N) is 2. The number of hydrogen-bond donors (Lipinski definition) is 1. The number of halogens is 1. The zero-order valence-corrected chi connectivity index (χ0v) is 12.3. The average Bonchev–Trinajstić information content (AvgIpc) is 2.99. The third-order valence-corrected chi connectivity index (χ3v) is 3.79. The summed E-state index contributed by atoms with van der Waals surface area (Å²) in [6, 6.07) is 5.40. The SMILES string of the molecule is O=C(CCC1CCOC1)Nc1ccc2cc(Cl)cnc2n1. The van der Waals surface area contributed by atoms with Gasteiger partial charge in [0.2, 0.25) is 5.91 Å². The molecule has 5 nitrogen and oxygen atoms in total. The minimum Gasteiger partial charge on any atom is -0.381 e. The molecule has 0 saturated carbocycles. The lowest BCUT2D eigenvalue weighted by atomic mass is 10.0. The lowest BCUT2D eigenvalue weighted by Gasteiger charge is -2.08. The number of ether oxygens (including phenoxy) is 1. The van der Waals surface area contributed by atoms with E-state index in [2.05, 4.69) is 15.3 Å². The quantitative estimate of drug-likeness (QED) is 0.943. The van der Waals surface area contributed by atoms with Crippen molar-refractivity contribution in [3.63, 3.8) is 0 Å². The molecule has 1 saturated heterocycles. The van der Waals surface area contributed by atoms with Gasteiger partial charge in [0.15, 0.2) is 5.65 Å². The number of rotatable bonds is 4. The number of hydrogen-bond acceptors (Lipinski definition) is 4. The van der Waals surface area contributed by atoms with Crippen molar-refractivity contribution in [3.8, 4) is 0 Å². The van der Waals surface area contributed by atoms with E-state index < -0.39 is 0 Å². The fourth-order valence-corrected chi connectivity index (χ4v) is 2.57. The van der Waals surface area contributed by atoms with Crippen LogP contribution in [0.3, 0.4) is 0 Å². The Labute approximate surface area is 127 Å². The van der Waals surface area contributed by atoms with Crippen LogP contribution >= 0.6 is 11.6 Å². The summed E-state index contributed by atoms with van der Waals surface area (Å²) in [7, 11) is 0. The average molecular weight is 306 g/mol. The van der Waals surface area contributed by atoms with Crippen molar-refractivity contribution in [1.29, 1.82) is 0 Å². The maximum Gasteiger partial charge on any atom is 0.225 e. The molecule has 2 aromatic rings. The largest absolute Gasteiger partial charge is 0.381 e. The van der Waals surface area contributed by atoms with Gasteiger partial charge in [-0.25, -0.2) is 9.97 Å². The van der Waals surface area contributed by atoms with Crippen LogP contribution in [-0.2, 0) is 9.53 Å². The Morgan fingerprint density at radius 3 is 3.19 bits per heavy atom. The summed E-state index contributed by atoms with van der Waals surface area (Å²) in [6.45, 7) is 1.58. The van der Waals surface area contributed by atoms with Gasteiger partial charge in [0.25, 0.3) is 0 Å². The molecule has 3 heterocycles. The molecule has 1 unspecified atom stereocenters. The highest BCUT2D eigenvalue weighted by Crippen LogP contribution is 2.19. The molecule has 1 fully saturated rings. The van der Waals surface area contributed by atoms with Gasteiger partial charge in [-0.1, -0.05) is 11.6 Å². The van der Waals surface area contributed by atoms with Crippen LogP contribution in [0.2, 0.25) is 5.02 Å². The molecule has 0 bridgehead atoms. The summed E-state index contributed by atoms with van der Waals surface area (Å²) in [5.41, 5.74) is 0.571. The van der Waals surface area contributed by atoms with E-state index in [1.165, 1.54) is 0 Å². The Kier molecular flexibility index (Phi) is 4.31. The van der Waals surface area contributed by atoms with Gasteiger partial charge < -0.3 is 10.1 Å². The number of amides is 1. The maximum absolute atomic E-state index is 11.9. The van der Waals surface area contributed by atoms with Gasteiger partial charge in [0.1, 0.15) is 5.82 Å². The first-order valence-electron chi connectivity index (χ1n) is 7.00. The van der Waals surface area contributed by atoms with Crippen LogP contribution in [0.15, 0.2) is 24.4 Å². The molecular formula is C15H16ClN3O2. The Morgan fingerprint density at radius 1 is 1.48 bits per heavy atom. The molecule has 110 valence electrons. The van der Waals surface area contributed by atoms with Gasteiger partial charge in [-0.05, 0) is 37.0 Å². The molecule has 3 rings (SSSR count). The monoisotopic (exact) mass is 305 g/mol. The molecule has 21 heavy (non-hydrogen) atoms. The fourth-order valence-electron chi connectivity index (χ4n) is 2.41. The van der Waals surface area contributed by atoms with Gasteiger partial charge in [-0.15, -0.1) is 0 Å². The zero-order chi connectivity index (χ0) is 14.7. The van der Waals surface area contributed by atoms with Crippen molar-refractivity contribution in [3.05, 3.63) is 29.4 Å². The van der Waals surface area contributed by atoms with Crippen LogP contribution < -0.4 is 5.32 Å². The third-order valence-electron chi connectivity index (χ3n) is 3.58. The predicted molar refractivity (Wildman–Crippen MR) is 81.3 cm³/mol. The van der Waals surface area contributed by atoms with Crippen molar-refractivity contribution in [2.24, 2.45) is 5.92 Å². The van der Waals surface area contributed by atoms with Crippen molar-refractivity contribution >= 4 is 34.4 Å². The normalized spacial score (nSPS) is 18.0. The van der Waals surface area contributed by atoms with Crippen LogP contribution in [0.4, 0.5) is 5.82 Å². The van der Waals surface area contributed by atoms with E-state index >= 15 is 0 Å². The lowest BCUT2D eigenvalue weighted by molar-refractivity contribution is -0.116. The first-order chi connectivity index (χ1) is 10.2. The lowest BCUT2D eigenvalue weighted by Crippen LogP contribution is -2.14. The molecule has 1 atom stereocenters. The molecule has 0 radical (unpaired) electrons. The number of pyridine rings is 2. The van der Waals surface area contributed by atoms with Crippen LogP contribution in [0.5, 0.6) is 0 Å². The fraction of sp³-hybridized carbons (Fsp3) is 0.400. The van der Waals surface area contributed by atoms with Crippen LogP contribution in [0, 0.1) is 5.92 Å². The first-order valence-corrected chi connectivity index (χ1v) is 7.38. The standard InChI is InChI=1S/C15H16ClN3O2/c16-12-7-11-2-3-13(19-15(11)17-8-12)18-14(20)4-1-10-5-6-21-9-10/h2-3,7-8,10H,1,4-6,9H2,(H,17,18,19,20). The van der Waals surface area contributed by atoms with Crippen molar-refractivity contribution in [1.82, 2.24) is 9.97 Å². The number of aromatic nitrogens is 2. The number of nitrogens with one attached hydrogen (secondary N) is 1. The Balaban J connectivity index is 1.61. The molecule has 0 aliphatic carbocycles. The Bertz CT molecular complexity index is 656. The molecule has 1 aliphatic heterocycles. The summed E-state index contributed by atoms with van der Waals surface area (Å²) >= 11 is 5.88. The minimum absolute atomic E-state index is 0.0253. The number of carbonyl (C=O) groups excluding carboxylic acids is 1. The summed E-state index contributed by atoms with van der Waals surface area (Å²) < 4.78 is 5.30. The number of anilines is 1. The van der Waals surface area contributed by atoms with E-state index in [4.69, 9.17) is 16.3 Å².